The van der Waals surface area contributed by atoms with Crippen LogP contribution in [-0.4, -0.2) is 0 Å². The minimum absolute atomic E-state index is 0.820. The maximum Gasteiger partial charge on any atom is 0.134 e. The van der Waals surface area contributed by atoms with Gasteiger partial charge >= 0.3 is 0 Å². The Hall–Kier alpha value is -2.28. The standard InChI is InChI=1S/C17H14O/c1-13(14-7-3-2-4-8-14)11-15-12-18-17-10-6-5-9-16(15)17/h2-10,12H,1,11H2. The molecule has 0 unspecified atom stereocenters. The molecule has 0 aliphatic heterocycles. The zero-order chi connectivity index (χ0) is 12.4. The third kappa shape index (κ3) is 1.95. The number of hydrogen-bond donors (Lipinski definition) is 0. The van der Waals surface area contributed by atoms with Crippen LogP contribution in [0.5, 0.6) is 0 Å². The molecular formula is C17H14O. The molecule has 0 aliphatic carbocycles. The molecule has 1 heterocycles. The van der Waals surface area contributed by atoms with E-state index in [0.29, 0.717) is 0 Å². The maximum atomic E-state index is 5.54. The highest BCUT2D eigenvalue weighted by Crippen LogP contribution is 2.25. The van der Waals surface area contributed by atoms with Gasteiger partial charge in [-0.1, -0.05) is 55.1 Å². The van der Waals surface area contributed by atoms with E-state index in [4.69, 9.17) is 4.42 Å². The number of para-hydroxylation sites is 1. The van der Waals surface area contributed by atoms with Crippen molar-refractivity contribution in [3.63, 3.8) is 0 Å². The zero-order valence-corrected chi connectivity index (χ0v) is 10.1. The van der Waals surface area contributed by atoms with Crippen LogP contribution < -0.4 is 0 Å². The van der Waals surface area contributed by atoms with Gasteiger partial charge in [-0.25, -0.2) is 0 Å². The molecule has 3 rings (SSSR count). The Morgan fingerprint density at radius 2 is 1.67 bits per heavy atom. The number of benzene rings is 2. The van der Waals surface area contributed by atoms with Gasteiger partial charge < -0.3 is 4.42 Å². The molecule has 0 spiro atoms. The molecule has 1 nitrogen and oxygen atoms in total. The van der Waals surface area contributed by atoms with Crippen molar-refractivity contribution in [1.82, 2.24) is 0 Å². The lowest BCUT2D eigenvalue weighted by molar-refractivity contribution is 0.612. The summed E-state index contributed by atoms with van der Waals surface area (Å²) in [7, 11) is 0. The molecule has 0 aliphatic rings. The van der Waals surface area contributed by atoms with Crippen LogP contribution in [0, 0.1) is 0 Å². The molecule has 2 aromatic carbocycles. The smallest absolute Gasteiger partial charge is 0.134 e. The first-order valence-electron chi connectivity index (χ1n) is 6.03. The normalized spacial score (nSPS) is 10.7. The highest BCUT2D eigenvalue weighted by molar-refractivity contribution is 5.83. The van der Waals surface area contributed by atoms with Crippen LogP contribution in [0.25, 0.3) is 16.5 Å². The highest BCUT2D eigenvalue weighted by Gasteiger charge is 2.07. The third-order valence-corrected chi connectivity index (χ3v) is 3.15. The van der Waals surface area contributed by atoms with Gasteiger partial charge in [0.2, 0.25) is 0 Å². The van der Waals surface area contributed by atoms with Gasteiger partial charge in [0, 0.05) is 17.4 Å². The van der Waals surface area contributed by atoms with Gasteiger partial charge in [-0.3, -0.25) is 0 Å². The topological polar surface area (TPSA) is 13.1 Å². The van der Waals surface area contributed by atoms with Crippen molar-refractivity contribution in [2.75, 3.05) is 0 Å². The second-order valence-corrected chi connectivity index (χ2v) is 4.40. The second-order valence-electron chi connectivity index (χ2n) is 4.40. The first kappa shape index (κ1) is 10.8. The van der Waals surface area contributed by atoms with Gasteiger partial charge in [-0.05, 0) is 17.2 Å². The monoisotopic (exact) mass is 234 g/mol. The Balaban J connectivity index is 1.91. The molecule has 0 atom stereocenters. The van der Waals surface area contributed by atoms with Crippen LogP contribution in [0.4, 0.5) is 0 Å². The molecule has 0 radical (unpaired) electrons. The summed E-state index contributed by atoms with van der Waals surface area (Å²) in [6.07, 6.45) is 2.65. The van der Waals surface area contributed by atoms with Gasteiger partial charge in [0.25, 0.3) is 0 Å². The van der Waals surface area contributed by atoms with E-state index in [9.17, 15) is 0 Å². The first-order chi connectivity index (χ1) is 8.84. The van der Waals surface area contributed by atoms with Crippen molar-refractivity contribution in [3.8, 4) is 0 Å². The molecule has 1 heteroatoms. The van der Waals surface area contributed by atoms with E-state index >= 15 is 0 Å². The molecule has 0 N–H and O–H groups in total. The molecule has 0 fully saturated rings. The quantitative estimate of drug-likeness (QED) is 0.640. The van der Waals surface area contributed by atoms with Gasteiger partial charge in [-0.2, -0.15) is 0 Å². The van der Waals surface area contributed by atoms with Crippen molar-refractivity contribution in [3.05, 3.63) is 78.6 Å². The number of fused-ring (bicyclic) bond motifs is 1. The van der Waals surface area contributed by atoms with Crippen molar-refractivity contribution in [2.45, 2.75) is 6.42 Å². The number of hydrogen-bond acceptors (Lipinski definition) is 1. The van der Waals surface area contributed by atoms with Crippen LogP contribution in [0.15, 0.2) is 71.9 Å². The Labute approximate surface area is 106 Å². The summed E-state index contributed by atoms with van der Waals surface area (Å²) in [5, 5.41) is 1.18. The van der Waals surface area contributed by atoms with Gasteiger partial charge in [0.1, 0.15) is 5.58 Å². The Kier molecular flexibility index (Phi) is 2.73. The van der Waals surface area contributed by atoms with Crippen molar-refractivity contribution in [2.24, 2.45) is 0 Å². The summed E-state index contributed by atoms with van der Waals surface area (Å²) < 4.78 is 5.54. The van der Waals surface area contributed by atoms with Gasteiger partial charge in [0.05, 0.1) is 6.26 Å². The summed E-state index contributed by atoms with van der Waals surface area (Å²) >= 11 is 0. The van der Waals surface area contributed by atoms with Crippen molar-refractivity contribution >= 4 is 16.5 Å². The molecular weight excluding hydrogens is 220 g/mol. The minimum Gasteiger partial charge on any atom is -0.464 e. The molecule has 0 saturated heterocycles. The Morgan fingerprint density at radius 3 is 2.50 bits per heavy atom. The van der Waals surface area contributed by atoms with E-state index < -0.39 is 0 Å². The molecule has 3 aromatic rings. The largest absolute Gasteiger partial charge is 0.464 e. The number of furan rings is 1. The van der Waals surface area contributed by atoms with E-state index in [-0.39, 0.29) is 0 Å². The van der Waals surface area contributed by atoms with Crippen LogP contribution in [-0.2, 0) is 6.42 Å². The van der Waals surface area contributed by atoms with E-state index in [1.807, 2.05) is 42.7 Å². The SMILES string of the molecule is C=C(Cc1coc2ccccc12)c1ccccc1. The molecule has 18 heavy (non-hydrogen) atoms. The lowest BCUT2D eigenvalue weighted by atomic mass is 9.99. The van der Waals surface area contributed by atoms with Crippen molar-refractivity contribution < 1.29 is 4.42 Å². The fourth-order valence-corrected chi connectivity index (χ4v) is 2.18. The summed E-state index contributed by atoms with van der Waals surface area (Å²) in [6, 6.07) is 18.4. The van der Waals surface area contributed by atoms with Gasteiger partial charge in [0.15, 0.2) is 0 Å². The van der Waals surface area contributed by atoms with Crippen LogP contribution in [0.1, 0.15) is 11.1 Å². The molecule has 0 bridgehead atoms. The summed E-state index contributed by atoms with van der Waals surface area (Å²) in [5.41, 5.74) is 4.43. The number of allylic oxidation sites excluding steroid dienone is 1. The van der Waals surface area contributed by atoms with E-state index in [0.717, 1.165) is 17.6 Å². The Bertz CT molecular complexity index is 677. The first-order valence-corrected chi connectivity index (χ1v) is 6.03. The molecule has 1 aromatic heterocycles. The average Bonchev–Trinajstić information content (AvgIpc) is 2.83. The zero-order valence-electron chi connectivity index (χ0n) is 10.1. The number of rotatable bonds is 3. The van der Waals surface area contributed by atoms with Crippen molar-refractivity contribution in [1.29, 1.82) is 0 Å². The lowest BCUT2D eigenvalue weighted by Crippen LogP contribution is -1.87. The third-order valence-electron chi connectivity index (χ3n) is 3.15. The van der Waals surface area contributed by atoms with Crippen LogP contribution >= 0.6 is 0 Å². The summed E-state index contributed by atoms with van der Waals surface area (Å²) in [4.78, 5) is 0. The fourth-order valence-electron chi connectivity index (χ4n) is 2.18. The highest BCUT2D eigenvalue weighted by atomic mass is 16.3. The van der Waals surface area contributed by atoms with E-state index in [2.05, 4.69) is 24.8 Å². The van der Waals surface area contributed by atoms with E-state index in [1.165, 1.54) is 16.5 Å². The van der Waals surface area contributed by atoms with Gasteiger partial charge in [-0.15, -0.1) is 0 Å². The predicted octanol–water partition coefficient (Wildman–Crippen LogP) is 4.69. The molecule has 0 saturated carbocycles. The Morgan fingerprint density at radius 1 is 0.944 bits per heavy atom. The fraction of sp³-hybridized carbons (Fsp3) is 0.0588. The second kappa shape index (κ2) is 4.53. The van der Waals surface area contributed by atoms with E-state index in [1.54, 1.807) is 0 Å². The average molecular weight is 234 g/mol. The lowest BCUT2D eigenvalue weighted by Gasteiger charge is -2.04. The van der Waals surface area contributed by atoms with Crippen LogP contribution in [0.3, 0.4) is 0 Å². The maximum absolute atomic E-state index is 5.54. The summed E-state index contributed by atoms with van der Waals surface area (Å²) in [5.74, 6) is 0. The predicted molar refractivity (Wildman–Crippen MR) is 75.4 cm³/mol. The molecule has 0 amide bonds. The van der Waals surface area contributed by atoms with Crippen LogP contribution in [0.2, 0.25) is 0 Å². The molecule has 88 valence electrons. The summed E-state index contributed by atoms with van der Waals surface area (Å²) in [6.45, 7) is 4.16. The minimum atomic E-state index is 0.820.